The lowest BCUT2D eigenvalue weighted by atomic mass is 9.86. The summed E-state index contributed by atoms with van der Waals surface area (Å²) in [6, 6.07) is 0. The van der Waals surface area contributed by atoms with Crippen LogP contribution in [0.2, 0.25) is 0 Å². The Morgan fingerprint density at radius 2 is 1.85 bits per heavy atom. The third kappa shape index (κ3) is 9.99. The molecule has 1 unspecified atom stereocenters. The maximum atomic E-state index is 12.2. The molecule has 3 atom stereocenters. The Hall–Kier alpha value is -0.510. The van der Waals surface area contributed by atoms with Crippen LogP contribution in [0.5, 0.6) is 0 Å². The molecule has 0 amide bonds. The molecule has 1 aliphatic carbocycles. The first-order valence-corrected chi connectivity index (χ1v) is 11.5. The fourth-order valence-corrected chi connectivity index (χ4v) is 4.45. The van der Waals surface area contributed by atoms with E-state index in [0.29, 0.717) is 30.0 Å². The SMILES string of the molecule is CCCCCC(S)CC[C@H]1CCC(=O)[C@@H]1CCCCCCC(=O)OCC. The van der Waals surface area contributed by atoms with Crippen LogP contribution in [0.1, 0.15) is 104 Å². The first-order valence-electron chi connectivity index (χ1n) is 10.9. The van der Waals surface area contributed by atoms with E-state index in [0.717, 1.165) is 51.4 Å². The minimum absolute atomic E-state index is 0.0845. The van der Waals surface area contributed by atoms with Crippen LogP contribution < -0.4 is 0 Å². The van der Waals surface area contributed by atoms with Gasteiger partial charge in [0, 0.05) is 24.0 Å². The van der Waals surface area contributed by atoms with Gasteiger partial charge in [0.25, 0.3) is 0 Å². The molecule has 4 heteroatoms. The van der Waals surface area contributed by atoms with Crippen molar-refractivity contribution < 1.29 is 14.3 Å². The maximum absolute atomic E-state index is 12.2. The quantitative estimate of drug-likeness (QED) is 0.209. The van der Waals surface area contributed by atoms with Crippen LogP contribution in [0.25, 0.3) is 0 Å². The van der Waals surface area contributed by atoms with E-state index in [2.05, 4.69) is 6.92 Å². The lowest BCUT2D eigenvalue weighted by Gasteiger charge is -2.20. The Labute approximate surface area is 166 Å². The molecule has 0 spiro atoms. The number of esters is 1. The minimum atomic E-state index is -0.0845. The number of ether oxygens (including phenoxy) is 1. The molecule has 0 aromatic heterocycles. The lowest BCUT2D eigenvalue weighted by Crippen LogP contribution is -2.16. The highest BCUT2D eigenvalue weighted by molar-refractivity contribution is 7.80. The zero-order chi connectivity index (χ0) is 19.2. The molecule has 0 radical (unpaired) electrons. The van der Waals surface area contributed by atoms with Gasteiger partial charge < -0.3 is 4.74 Å². The number of thiol groups is 1. The van der Waals surface area contributed by atoms with Crippen molar-refractivity contribution in [2.75, 3.05) is 6.61 Å². The van der Waals surface area contributed by atoms with Crippen molar-refractivity contribution in [3.05, 3.63) is 0 Å². The van der Waals surface area contributed by atoms with Crippen LogP contribution in [-0.2, 0) is 14.3 Å². The van der Waals surface area contributed by atoms with Crippen LogP contribution in [0.3, 0.4) is 0 Å². The molecule has 0 aromatic rings. The maximum Gasteiger partial charge on any atom is 0.305 e. The van der Waals surface area contributed by atoms with Gasteiger partial charge in [-0.15, -0.1) is 0 Å². The van der Waals surface area contributed by atoms with Crippen molar-refractivity contribution in [3.8, 4) is 0 Å². The summed E-state index contributed by atoms with van der Waals surface area (Å²) in [5.74, 6) is 1.28. The van der Waals surface area contributed by atoms with Crippen molar-refractivity contribution in [1.82, 2.24) is 0 Å². The van der Waals surface area contributed by atoms with E-state index >= 15 is 0 Å². The number of unbranched alkanes of at least 4 members (excludes halogenated alkanes) is 5. The van der Waals surface area contributed by atoms with Crippen LogP contribution in [0, 0.1) is 11.8 Å². The molecule has 0 N–H and O–H groups in total. The van der Waals surface area contributed by atoms with Gasteiger partial charge in [0.05, 0.1) is 6.61 Å². The summed E-state index contributed by atoms with van der Waals surface area (Å²) in [6.45, 7) is 4.54. The number of Topliss-reactive ketones (excluding diaryl/α,β-unsaturated/α-hetero) is 1. The highest BCUT2D eigenvalue weighted by Gasteiger charge is 2.33. The molecule has 0 heterocycles. The number of carbonyl (C=O) groups excluding carboxylic acids is 2. The van der Waals surface area contributed by atoms with Crippen molar-refractivity contribution in [2.24, 2.45) is 11.8 Å². The summed E-state index contributed by atoms with van der Waals surface area (Å²) < 4.78 is 4.94. The van der Waals surface area contributed by atoms with Gasteiger partial charge in [-0.05, 0) is 51.4 Å². The number of hydrogen-bond acceptors (Lipinski definition) is 4. The highest BCUT2D eigenvalue weighted by Crippen LogP contribution is 2.36. The summed E-state index contributed by atoms with van der Waals surface area (Å²) in [5, 5.41) is 0.501. The van der Waals surface area contributed by atoms with Crippen LogP contribution in [-0.4, -0.2) is 23.6 Å². The molecule has 1 fully saturated rings. The summed E-state index contributed by atoms with van der Waals surface area (Å²) in [7, 11) is 0. The van der Waals surface area contributed by atoms with Gasteiger partial charge in [0.15, 0.2) is 0 Å². The van der Waals surface area contributed by atoms with E-state index in [1.807, 2.05) is 6.92 Å². The Bertz CT molecular complexity index is 397. The third-order valence-corrected chi connectivity index (χ3v) is 6.22. The van der Waals surface area contributed by atoms with Gasteiger partial charge in [-0.25, -0.2) is 0 Å². The molecule has 1 saturated carbocycles. The molecule has 26 heavy (non-hydrogen) atoms. The standard InChI is InChI=1S/C22H40O3S/c1-3-5-8-11-19(26)16-14-18-15-17-21(23)20(18)12-9-6-7-10-13-22(24)25-4-2/h18-20,26H,3-17H2,1-2H3/t18-,19?,20+/m0/s1. The second kappa shape index (κ2) is 14.5. The zero-order valence-corrected chi connectivity index (χ0v) is 17.9. The number of rotatable bonds is 15. The first-order chi connectivity index (χ1) is 12.6. The van der Waals surface area contributed by atoms with Gasteiger partial charge >= 0.3 is 5.97 Å². The minimum Gasteiger partial charge on any atom is -0.466 e. The fourth-order valence-electron chi connectivity index (χ4n) is 4.12. The zero-order valence-electron chi connectivity index (χ0n) is 17.0. The molecule has 152 valence electrons. The smallest absolute Gasteiger partial charge is 0.305 e. The normalized spacial score (nSPS) is 21.1. The number of hydrogen-bond donors (Lipinski definition) is 1. The van der Waals surface area contributed by atoms with E-state index in [4.69, 9.17) is 17.4 Å². The van der Waals surface area contributed by atoms with E-state index < -0.39 is 0 Å². The van der Waals surface area contributed by atoms with Gasteiger partial charge in [-0.3, -0.25) is 9.59 Å². The van der Waals surface area contributed by atoms with E-state index in [9.17, 15) is 9.59 Å². The average molecular weight is 385 g/mol. The Morgan fingerprint density at radius 1 is 1.08 bits per heavy atom. The molecule has 0 saturated heterocycles. The third-order valence-electron chi connectivity index (χ3n) is 5.71. The number of ketones is 1. The largest absolute Gasteiger partial charge is 0.466 e. The molecule has 1 aliphatic rings. The summed E-state index contributed by atoms with van der Waals surface area (Å²) in [5.41, 5.74) is 0. The molecule has 0 bridgehead atoms. The molecule has 0 aliphatic heterocycles. The molecule has 0 aromatic carbocycles. The Morgan fingerprint density at radius 3 is 2.58 bits per heavy atom. The van der Waals surface area contributed by atoms with E-state index in [1.54, 1.807) is 0 Å². The van der Waals surface area contributed by atoms with Gasteiger partial charge in [0.1, 0.15) is 5.78 Å². The van der Waals surface area contributed by atoms with E-state index in [-0.39, 0.29) is 11.9 Å². The van der Waals surface area contributed by atoms with Crippen molar-refractivity contribution >= 4 is 24.4 Å². The second-order valence-electron chi connectivity index (χ2n) is 7.86. The van der Waals surface area contributed by atoms with Crippen molar-refractivity contribution in [3.63, 3.8) is 0 Å². The predicted molar refractivity (Wildman–Crippen MR) is 112 cm³/mol. The number of carbonyl (C=O) groups is 2. The lowest BCUT2D eigenvalue weighted by molar-refractivity contribution is -0.143. The van der Waals surface area contributed by atoms with Crippen LogP contribution in [0.15, 0.2) is 0 Å². The molecule has 3 nitrogen and oxygen atoms in total. The Kier molecular flexibility index (Phi) is 13.2. The van der Waals surface area contributed by atoms with Gasteiger partial charge in [-0.1, -0.05) is 45.4 Å². The average Bonchev–Trinajstić information content (AvgIpc) is 2.96. The van der Waals surface area contributed by atoms with Crippen molar-refractivity contribution in [2.45, 2.75) is 109 Å². The topological polar surface area (TPSA) is 43.4 Å². The van der Waals surface area contributed by atoms with E-state index in [1.165, 1.54) is 32.1 Å². The highest BCUT2D eigenvalue weighted by atomic mass is 32.1. The second-order valence-corrected chi connectivity index (χ2v) is 8.59. The predicted octanol–water partition coefficient (Wildman–Crippen LogP) is 6.14. The summed E-state index contributed by atoms with van der Waals surface area (Å²) >= 11 is 4.75. The van der Waals surface area contributed by atoms with Crippen LogP contribution in [0.4, 0.5) is 0 Å². The van der Waals surface area contributed by atoms with Crippen molar-refractivity contribution in [1.29, 1.82) is 0 Å². The molecule has 1 rings (SSSR count). The fraction of sp³-hybridized carbons (Fsp3) is 0.909. The summed E-state index contributed by atoms with van der Waals surface area (Å²) in [4.78, 5) is 23.5. The van der Waals surface area contributed by atoms with Crippen LogP contribution >= 0.6 is 12.6 Å². The summed E-state index contributed by atoms with van der Waals surface area (Å²) in [6.07, 6.45) is 15.0. The first kappa shape index (κ1) is 23.5. The Balaban J connectivity index is 2.16. The van der Waals surface area contributed by atoms with Gasteiger partial charge in [0.2, 0.25) is 0 Å². The molecular formula is C22H40O3S. The van der Waals surface area contributed by atoms with Gasteiger partial charge in [-0.2, -0.15) is 12.6 Å². The monoisotopic (exact) mass is 384 g/mol. The molecular weight excluding hydrogens is 344 g/mol.